The molecule has 0 aliphatic heterocycles. The molecule has 19 heavy (non-hydrogen) atoms. The van der Waals surface area contributed by atoms with Gasteiger partial charge in [0.05, 0.1) is 6.54 Å². The van der Waals surface area contributed by atoms with Crippen LogP contribution < -0.4 is 10.2 Å². The zero-order chi connectivity index (χ0) is 13.7. The van der Waals surface area contributed by atoms with Crippen LogP contribution in [0.15, 0.2) is 35.7 Å². The summed E-state index contributed by atoms with van der Waals surface area (Å²) in [6.07, 6.45) is 0. The van der Waals surface area contributed by atoms with Crippen LogP contribution in [0.1, 0.15) is 17.4 Å². The van der Waals surface area contributed by atoms with Crippen molar-refractivity contribution in [2.24, 2.45) is 0 Å². The molecule has 2 aromatic rings. The van der Waals surface area contributed by atoms with E-state index in [2.05, 4.69) is 47.8 Å². The molecule has 0 unspecified atom stereocenters. The lowest BCUT2D eigenvalue weighted by atomic mass is 10.1. The number of anilines is 1. The summed E-state index contributed by atoms with van der Waals surface area (Å²) in [4.78, 5) is 3.61. The number of hydrogen-bond acceptors (Lipinski definition) is 3. The van der Waals surface area contributed by atoms with Crippen LogP contribution in [0.25, 0.3) is 0 Å². The summed E-state index contributed by atoms with van der Waals surface area (Å²) in [6.45, 7) is 4.87. The van der Waals surface area contributed by atoms with Gasteiger partial charge in [-0.05, 0) is 35.7 Å². The normalized spacial score (nSPS) is 10.7. The molecule has 0 saturated carbocycles. The Morgan fingerprint density at radius 3 is 2.84 bits per heavy atom. The van der Waals surface area contributed by atoms with Gasteiger partial charge in [0.1, 0.15) is 0 Å². The summed E-state index contributed by atoms with van der Waals surface area (Å²) in [5.41, 5.74) is 2.48. The van der Waals surface area contributed by atoms with E-state index in [-0.39, 0.29) is 0 Å². The van der Waals surface area contributed by atoms with E-state index in [1.807, 2.05) is 12.1 Å². The SMILES string of the molecule is CCNCc1ccc(Cl)cc1N(C)Cc1cccs1. The van der Waals surface area contributed by atoms with Gasteiger partial charge in [-0.25, -0.2) is 0 Å². The topological polar surface area (TPSA) is 15.3 Å². The van der Waals surface area contributed by atoms with E-state index in [1.165, 1.54) is 16.1 Å². The predicted octanol–water partition coefficient (Wildman–Crippen LogP) is 4.15. The second-order valence-corrected chi connectivity index (χ2v) is 5.96. The minimum absolute atomic E-state index is 0.785. The first kappa shape index (κ1) is 14.4. The van der Waals surface area contributed by atoms with Crippen LogP contribution in [0.3, 0.4) is 0 Å². The van der Waals surface area contributed by atoms with Gasteiger partial charge in [0.2, 0.25) is 0 Å². The summed E-state index contributed by atoms with van der Waals surface area (Å²) in [6, 6.07) is 10.4. The van der Waals surface area contributed by atoms with Gasteiger partial charge in [0.25, 0.3) is 0 Å². The Morgan fingerprint density at radius 1 is 1.32 bits per heavy atom. The van der Waals surface area contributed by atoms with Crippen molar-refractivity contribution < 1.29 is 0 Å². The maximum atomic E-state index is 6.13. The smallest absolute Gasteiger partial charge is 0.0519 e. The van der Waals surface area contributed by atoms with Gasteiger partial charge in [-0.1, -0.05) is 30.7 Å². The number of thiophene rings is 1. The molecule has 0 amide bonds. The quantitative estimate of drug-likeness (QED) is 0.861. The molecule has 0 bridgehead atoms. The second kappa shape index (κ2) is 6.94. The molecule has 1 N–H and O–H groups in total. The van der Waals surface area contributed by atoms with Gasteiger partial charge in [0, 0.05) is 29.2 Å². The zero-order valence-corrected chi connectivity index (χ0v) is 12.9. The average molecular weight is 295 g/mol. The molecule has 102 valence electrons. The van der Waals surface area contributed by atoms with Gasteiger partial charge in [-0.15, -0.1) is 11.3 Å². The Balaban J connectivity index is 2.18. The summed E-state index contributed by atoms with van der Waals surface area (Å²) in [5.74, 6) is 0. The van der Waals surface area contributed by atoms with Crippen LogP contribution in [0.2, 0.25) is 5.02 Å². The van der Waals surface area contributed by atoms with Crippen LogP contribution in [0, 0.1) is 0 Å². The lowest BCUT2D eigenvalue weighted by Crippen LogP contribution is -2.20. The van der Waals surface area contributed by atoms with Gasteiger partial charge < -0.3 is 10.2 Å². The standard InChI is InChI=1S/C15H19ClN2S/c1-3-17-10-12-6-7-13(16)9-15(12)18(2)11-14-5-4-8-19-14/h4-9,17H,3,10-11H2,1-2H3. The van der Waals surface area contributed by atoms with Crippen LogP contribution in [-0.2, 0) is 13.1 Å². The van der Waals surface area contributed by atoms with Crippen molar-refractivity contribution in [3.63, 3.8) is 0 Å². The van der Waals surface area contributed by atoms with Gasteiger partial charge >= 0.3 is 0 Å². The minimum atomic E-state index is 0.785. The Kier molecular flexibility index (Phi) is 5.25. The van der Waals surface area contributed by atoms with E-state index in [4.69, 9.17) is 11.6 Å². The maximum absolute atomic E-state index is 6.13. The minimum Gasteiger partial charge on any atom is -0.369 e. The third-order valence-electron chi connectivity index (χ3n) is 3.00. The molecule has 0 atom stereocenters. The molecule has 1 heterocycles. The second-order valence-electron chi connectivity index (χ2n) is 4.49. The van der Waals surface area contributed by atoms with E-state index >= 15 is 0 Å². The van der Waals surface area contributed by atoms with Gasteiger partial charge in [-0.3, -0.25) is 0 Å². The van der Waals surface area contributed by atoms with Crippen molar-refractivity contribution in [2.75, 3.05) is 18.5 Å². The van der Waals surface area contributed by atoms with Crippen molar-refractivity contribution in [1.82, 2.24) is 5.32 Å². The molecule has 2 rings (SSSR count). The number of halogens is 1. The monoisotopic (exact) mass is 294 g/mol. The molecular formula is C15H19ClN2S. The molecule has 2 nitrogen and oxygen atoms in total. The van der Waals surface area contributed by atoms with E-state index in [0.717, 1.165) is 24.7 Å². The summed E-state index contributed by atoms with van der Waals surface area (Å²) in [5, 5.41) is 6.27. The molecule has 0 spiro atoms. The maximum Gasteiger partial charge on any atom is 0.0519 e. The van der Waals surface area contributed by atoms with E-state index in [1.54, 1.807) is 11.3 Å². The van der Waals surface area contributed by atoms with Crippen molar-refractivity contribution in [2.45, 2.75) is 20.0 Å². The fraction of sp³-hybridized carbons (Fsp3) is 0.333. The van der Waals surface area contributed by atoms with Crippen LogP contribution >= 0.6 is 22.9 Å². The highest BCUT2D eigenvalue weighted by Crippen LogP contribution is 2.26. The Morgan fingerprint density at radius 2 is 2.16 bits per heavy atom. The number of hydrogen-bond donors (Lipinski definition) is 1. The molecule has 0 saturated heterocycles. The summed E-state index contributed by atoms with van der Waals surface area (Å²) < 4.78 is 0. The number of nitrogens with zero attached hydrogens (tertiary/aromatic N) is 1. The van der Waals surface area contributed by atoms with Crippen LogP contribution in [-0.4, -0.2) is 13.6 Å². The molecule has 4 heteroatoms. The first-order valence-corrected chi connectivity index (χ1v) is 7.69. The highest BCUT2D eigenvalue weighted by molar-refractivity contribution is 7.09. The zero-order valence-electron chi connectivity index (χ0n) is 11.3. The lowest BCUT2D eigenvalue weighted by Gasteiger charge is -2.22. The Hall–Kier alpha value is -1.03. The van der Waals surface area contributed by atoms with Crippen molar-refractivity contribution in [3.05, 3.63) is 51.2 Å². The van der Waals surface area contributed by atoms with E-state index < -0.39 is 0 Å². The van der Waals surface area contributed by atoms with Crippen molar-refractivity contribution >= 4 is 28.6 Å². The fourth-order valence-corrected chi connectivity index (χ4v) is 2.95. The summed E-state index contributed by atoms with van der Waals surface area (Å²) >= 11 is 7.92. The molecule has 1 aromatic carbocycles. The van der Waals surface area contributed by atoms with E-state index in [9.17, 15) is 0 Å². The highest BCUT2D eigenvalue weighted by Gasteiger charge is 2.09. The first-order valence-electron chi connectivity index (χ1n) is 6.43. The molecule has 0 radical (unpaired) electrons. The van der Waals surface area contributed by atoms with E-state index in [0.29, 0.717) is 0 Å². The molecular weight excluding hydrogens is 276 g/mol. The first-order chi connectivity index (χ1) is 9.20. The van der Waals surface area contributed by atoms with Gasteiger partial charge in [0.15, 0.2) is 0 Å². The lowest BCUT2D eigenvalue weighted by molar-refractivity contribution is 0.723. The third-order valence-corrected chi connectivity index (χ3v) is 4.09. The van der Waals surface area contributed by atoms with Crippen molar-refractivity contribution in [1.29, 1.82) is 0 Å². The molecule has 0 aliphatic carbocycles. The highest BCUT2D eigenvalue weighted by atomic mass is 35.5. The fourth-order valence-electron chi connectivity index (χ4n) is 2.02. The number of benzene rings is 1. The van der Waals surface area contributed by atoms with Gasteiger partial charge in [-0.2, -0.15) is 0 Å². The average Bonchev–Trinajstić information content (AvgIpc) is 2.90. The van der Waals surface area contributed by atoms with Crippen molar-refractivity contribution in [3.8, 4) is 0 Å². The number of nitrogens with one attached hydrogen (secondary N) is 1. The third kappa shape index (κ3) is 3.96. The Labute approximate surface area is 124 Å². The Bertz CT molecular complexity index is 511. The molecule has 0 aliphatic rings. The predicted molar refractivity (Wildman–Crippen MR) is 85.3 cm³/mol. The number of rotatable bonds is 6. The largest absolute Gasteiger partial charge is 0.369 e. The molecule has 1 aromatic heterocycles. The molecule has 0 fully saturated rings. The summed E-state index contributed by atoms with van der Waals surface area (Å²) in [7, 11) is 2.11. The van der Waals surface area contributed by atoms with Crippen LogP contribution in [0.5, 0.6) is 0 Å². The van der Waals surface area contributed by atoms with Crippen LogP contribution in [0.4, 0.5) is 5.69 Å².